The molecule has 1 saturated heterocycles. The van der Waals surface area contributed by atoms with Crippen LogP contribution in [0.5, 0.6) is 5.75 Å². The van der Waals surface area contributed by atoms with Crippen molar-refractivity contribution in [2.75, 3.05) is 13.2 Å². The zero-order valence-electron chi connectivity index (χ0n) is 15.7. The van der Waals surface area contributed by atoms with E-state index in [4.69, 9.17) is 9.47 Å². The fourth-order valence-electron chi connectivity index (χ4n) is 2.98. The molecule has 5 nitrogen and oxygen atoms in total. The molecule has 0 radical (unpaired) electrons. The number of nitrogens with zero attached hydrogens (tertiary/aromatic N) is 1. The Bertz CT molecular complexity index is 933. The zero-order chi connectivity index (χ0) is 20.6. The number of halogens is 2. The minimum atomic E-state index is -0.423. The van der Waals surface area contributed by atoms with Crippen molar-refractivity contribution in [2.45, 2.75) is 25.6 Å². The van der Waals surface area contributed by atoms with Crippen LogP contribution in [0.1, 0.15) is 24.0 Å². The van der Waals surface area contributed by atoms with Crippen molar-refractivity contribution in [3.63, 3.8) is 0 Å². The third kappa shape index (κ3) is 6.17. The maximum absolute atomic E-state index is 12.5. The van der Waals surface area contributed by atoms with E-state index in [0.29, 0.717) is 24.5 Å². The molecule has 3 rings (SSSR count). The van der Waals surface area contributed by atoms with Crippen molar-refractivity contribution < 1.29 is 14.3 Å². The lowest BCUT2D eigenvalue weighted by molar-refractivity contribution is -0.117. The van der Waals surface area contributed by atoms with Gasteiger partial charge < -0.3 is 14.8 Å². The highest BCUT2D eigenvalue weighted by Crippen LogP contribution is 2.35. The molecule has 1 fully saturated rings. The van der Waals surface area contributed by atoms with Gasteiger partial charge in [-0.15, -0.1) is 0 Å². The van der Waals surface area contributed by atoms with Crippen LogP contribution >= 0.6 is 31.9 Å². The molecule has 1 aliphatic heterocycles. The van der Waals surface area contributed by atoms with E-state index in [1.165, 1.54) is 0 Å². The summed E-state index contributed by atoms with van der Waals surface area (Å²) in [7, 11) is 0. The molecule has 1 atom stereocenters. The summed E-state index contributed by atoms with van der Waals surface area (Å²) in [6, 6.07) is 15.5. The van der Waals surface area contributed by atoms with E-state index in [9.17, 15) is 10.1 Å². The molecule has 2 aromatic rings. The van der Waals surface area contributed by atoms with Gasteiger partial charge in [-0.25, -0.2) is 0 Å². The fourth-order valence-corrected chi connectivity index (χ4v) is 4.35. The van der Waals surface area contributed by atoms with Crippen molar-refractivity contribution in [1.82, 2.24) is 5.32 Å². The topological polar surface area (TPSA) is 71.3 Å². The van der Waals surface area contributed by atoms with Gasteiger partial charge >= 0.3 is 0 Å². The highest BCUT2D eigenvalue weighted by atomic mass is 79.9. The number of carbonyl (C=O) groups excluding carboxylic acids is 1. The van der Waals surface area contributed by atoms with Crippen molar-refractivity contribution in [3.05, 3.63) is 68.1 Å². The van der Waals surface area contributed by atoms with E-state index in [1.807, 2.05) is 48.5 Å². The monoisotopic (exact) mass is 518 g/mol. The number of rotatable bonds is 7. The molecule has 0 aromatic heterocycles. The van der Waals surface area contributed by atoms with Gasteiger partial charge in [0.05, 0.1) is 10.6 Å². The highest BCUT2D eigenvalue weighted by molar-refractivity contribution is 9.11. The Balaban J connectivity index is 1.79. The number of nitrogens with one attached hydrogen (secondary N) is 1. The van der Waals surface area contributed by atoms with Gasteiger partial charge in [0, 0.05) is 23.2 Å². The van der Waals surface area contributed by atoms with Crippen molar-refractivity contribution in [3.8, 4) is 11.8 Å². The number of amides is 1. The van der Waals surface area contributed by atoms with Crippen molar-refractivity contribution >= 4 is 43.8 Å². The van der Waals surface area contributed by atoms with Gasteiger partial charge in [-0.1, -0.05) is 46.3 Å². The number of benzene rings is 2. The van der Waals surface area contributed by atoms with E-state index >= 15 is 0 Å². The first-order valence-electron chi connectivity index (χ1n) is 9.24. The Kier molecular flexibility index (Phi) is 7.87. The van der Waals surface area contributed by atoms with Gasteiger partial charge in [-0.3, -0.25) is 4.79 Å². The minimum absolute atomic E-state index is 0.0116. The molecule has 7 heteroatoms. The van der Waals surface area contributed by atoms with Gasteiger partial charge in [0.15, 0.2) is 0 Å². The lowest BCUT2D eigenvalue weighted by Crippen LogP contribution is -2.32. The lowest BCUT2D eigenvalue weighted by Gasteiger charge is -2.13. The predicted molar refractivity (Wildman–Crippen MR) is 118 cm³/mol. The van der Waals surface area contributed by atoms with Crippen molar-refractivity contribution in [2.24, 2.45) is 0 Å². The molecule has 0 unspecified atom stereocenters. The highest BCUT2D eigenvalue weighted by Gasteiger charge is 2.18. The Morgan fingerprint density at radius 1 is 1.31 bits per heavy atom. The first-order valence-corrected chi connectivity index (χ1v) is 10.8. The summed E-state index contributed by atoms with van der Waals surface area (Å²) in [5.74, 6) is 0.143. The van der Waals surface area contributed by atoms with E-state index in [-0.39, 0.29) is 11.7 Å². The van der Waals surface area contributed by atoms with E-state index in [2.05, 4.69) is 37.2 Å². The summed E-state index contributed by atoms with van der Waals surface area (Å²) >= 11 is 6.96. The van der Waals surface area contributed by atoms with Gasteiger partial charge in [-0.05, 0) is 52.5 Å². The third-order valence-electron chi connectivity index (χ3n) is 4.44. The maximum Gasteiger partial charge on any atom is 0.262 e. The first kappa shape index (κ1) is 21.6. The third-order valence-corrected chi connectivity index (χ3v) is 5.49. The Morgan fingerprint density at radius 2 is 2.10 bits per heavy atom. The molecule has 0 bridgehead atoms. The predicted octanol–water partition coefficient (Wildman–Crippen LogP) is 4.99. The van der Waals surface area contributed by atoms with Crippen LogP contribution in [0.3, 0.4) is 0 Å². The van der Waals surface area contributed by atoms with Crippen LogP contribution in [0.4, 0.5) is 0 Å². The number of nitriles is 1. The summed E-state index contributed by atoms with van der Waals surface area (Å²) in [5.41, 5.74) is 1.66. The van der Waals surface area contributed by atoms with Gasteiger partial charge in [-0.2, -0.15) is 5.26 Å². The van der Waals surface area contributed by atoms with Crippen LogP contribution in [0.25, 0.3) is 6.08 Å². The molecular formula is C22H20Br2N2O3. The lowest BCUT2D eigenvalue weighted by atomic mass is 10.1. The Morgan fingerprint density at radius 3 is 2.79 bits per heavy atom. The molecular weight excluding hydrogens is 500 g/mol. The molecule has 0 spiro atoms. The summed E-state index contributed by atoms with van der Waals surface area (Å²) in [4.78, 5) is 12.5. The SMILES string of the molecule is N#C/C(=C\c1cc(Br)cc(Br)c1OCc1ccccc1)C(=O)NC[C@H]1CCCO1. The van der Waals surface area contributed by atoms with Crippen LogP contribution in [0.2, 0.25) is 0 Å². The quantitative estimate of drug-likeness (QED) is 0.413. The molecule has 1 amide bonds. The van der Waals surface area contributed by atoms with Gasteiger partial charge in [0.25, 0.3) is 5.91 Å². The second-order valence-electron chi connectivity index (χ2n) is 6.60. The second kappa shape index (κ2) is 10.6. The molecule has 1 aliphatic rings. The smallest absolute Gasteiger partial charge is 0.262 e. The minimum Gasteiger partial charge on any atom is -0.487 e. The molecule has 0 aliphatic carbocycles. The summed E-state index contributed by atoms with van der Waals surface area (Å²) in [6.45, 7) is 1.49. The average molecular weight is 520 g/mol. The molecule has 29 heavy (non-hydrogen) atoms. The second-order valence-corrected chi connectivity index (χ2v) is 8.37. The van der Waals surface area contributed by atoms with Crippen LogP contribution < -0.4 is 10.1 Å². The summed E-state index contributed by atoms with van der Waals surface area (Å²) in [5, 5.41) is 12.3. The van der Waals surface area contributed by atoms with Crippen LogP contribution in [0, 0.1) is 11.3 Å². The zero-order valence-corrected chi connectivity index (χ0v) is 18.8. The number of hydrogen-bond donors (Lipinski definition) is 1. The van der Waals surface area contributed by atoms with Crippen LogP contribution in [0.15, 0.2) is 57.0 Å². The van der Waals surface area contributed by atoms with Crippen LogP contribution in [-0.2, 0) is 16.1 Å². The van der Waals surface area contributed by atoms with E-state index in [1.54, 1.807) is 6.08 Å². The van der Waals surface area contributed by atoms with E-state index in [0.717, 1.165) is 34.0 Å². The molecule has 2 aromatic carbocycles. The van der Waals surface area contributed by atoms with Gasteiger partial charge in [0.1, 0.15) is 24.0 Å². The molecule has 1 heterocycles. The first-order chi connectivity index (χ1) is 14.1. The van der Waals surface area contributed by atoms with E-state index < -0.39 is 5.91 Å². The summed E-state index contributed by atoms with van der Waals surface area (Å²) in [6.07, 6.45) is 3.47. The Hall–Kier alpha value is -2.14. The largest absolute Gasteiger partial charge is 0.487 e. The standard InChI is InChI=1S/C22H20Br2N2O3/c23-18-10-16(9-17(12-25)22(27)26-13-19-7-4-8-28-19)21(20(24)11-18)29-14-15-5-2-1-3-6-15/h1-3,5-6,9-11,19H,4,7-8,13-14H2,(H,26,27)/b17-9+/t19-/m1/s1. The number of hydrogen-bond acceptors (Lipinski definition) is 4. The summed E-state index contributed by atoms with van der Waals surface area (Å²) < 4.78 is 13.0. The fraction of sp³-hybridized carbons (Fsp3) is 0.273. The maximum atomic E-state index is 12.5. The normalized spacial score (nSPS) is 16.3. The number of carbonyl (C=O) groups is 1. The van der Waals surface area contributed by atoms with Gasteiger partial charge in [0.2, 0.25) is 0 Å². The Labute approximate surface area is 187 Å². The van der Waals surface area contributed by atoms with Crippen LogP contribution in [-0.4, -0.2) is 25.2 Å². The molecule has 150 valence electrons. The molecule has 0 saturated carbocycles. The number of ether oxygens (including phenoxy) is 2. The average Bonchev–Trinajstić information content (AvgIpc) is 3.24. The molecule has 1 N–H and O–H groups in total. The van der Waals surface area contributed by atoms with Crippen molar-refractivity contribution in [1.29, 1.82) is 5.26 Å².